The maximum Gasteiger partial charge on any atom is 0.0913 e. The van der Waals surface area contributed by atoms with Gasteiger partial charge < -0.3 is 9.80 Å². The highest BCUT2D eigenvalue weighted by Crippen LogP contribution is 2.13. The Balaban J connectivity index is 2.08. The number of hydrogen-bond donors (Lipinski definition) is 1. The number of likely N-dealkylation sites (N-methyl/N-ethyl adjacent to an activating group) is 1. The number of quaternary nitrogens is 1. The molecular formula is C14H31N2+. The van der Waals surface area contributed by atoms with E-state index in [0.717, 1.165) is 0 Å². The van der Waals surface area contributed by atoms with Crippen LogP contribution in [0.5, 0.6) is 0 Å². The van der Waals surface area contributed by atoms with Gasteiger partial charge in [-0.1, -0.05) is 32.6 Å². The van der Waals surface area contributed by atoms with Crippen LogP contribution < -0.4 is 5.32 Å². The number of nitrogens with one attached hydrogen (secondary N) is 1. The van der Waals surface area contributed by atoms with Gasteiger partial charge in [0.1, 0.15) is 0 Å². The summed E-state index contributed by atoms with van der Waals surface area (Å²) in [5.74, 6) is 0. The standard InChI is InChI=1S/C14H31N2/c1-3-5-6-7-8-9-12-16(4-2)13-10-15-11-14-16/h15H,3-14H2,1-2H3/q+1. The Morgan fingerprint density at radius 2 is 1.50 bits per heavy atom. The Hall–Kier alpha value is -0.0800. The van der Waals surface area contributed by atoms with Crippen LogP contribution >= 0.6 is 0 Å². The molecule has 0 saturated carbocycles. The van der Waals surface area contributed by atoms with E-state index in [4.69, 9.17) is 0 Å². The number of rotatable bonds is 8. The van der Waals surface area contributed by atoms with E-state index < -0.39 is 0 Å². The molecule has 0 aromatic heterocycles. The zero-order valence-electron chi connectivity index (χ0n) is 11.4. The number of hydrogen-bond acceptors (Lipinski definition) is 1. The van der Waals surface area contributed by atoms with Crippen molar-refractivity contribution >= 4 is 0 Å². The van der Waals surface area contributed by atoms with Crippen LogP contribution in [0.2, 0.25) is 0 Å². The molecule has 16 heavy (non-hydrogen) atoms. The molecule has 0 aliphatic carbocycles. The SMILES string of the molecule is CCCCCCCC[N+]1(CC)CCNCC1. The Bertz CT molecular complexity index is 162. The molecule has 1 aliphatic heterocycles. The van der Waals surface area contributed by atoms with Crippen LogP contribution in [0, 0.1) is 0 Å². The zero-order valence-corrected chi connectivity index (χ0v) is 11.4. The van der Waals surface area contributed by atoms with E-state index in [1.54, 1.807) is 0 Å². The van der Waals surface area contributed by atoms with Gasteiger partial charge in [0.15, 0.2) is 0 Å². The van der Waals surface area contributed by atoms with Gasteiger partial charge in [0.25, 0.3) is 0 Å². The van der Waals surface area contributed by atoms with Crippen molar-refractivity contribution in [2.75, 3.05) is 39.3 Å². The second kappa shape index (κ2) is 8.08. The van der Waals surface area contributed by atoms with Crippen LogP contribution in [0.3, 0.4) is 0 Å². The van der Waals surface area contributed by atoms with Crippen molar-refractivity contribution in [3.63, 3.8) is 0 Å². The Labute approximate surface area is 102 Å². The van der Waals surface area contributed by atoms with Gasteiger partial charge in [0.2, 0.25) is 0 Å². The van der Waals surface area contributed by atoms with Crippen LogP contribution in [0.15, 0.2) is 0 Å². The summed E-state index contributed by atoms with van der Waals surface area (Å²) in [5.41, 5.74) is 0. The molecule has 1 rings (SSSR count). The fraction of sp³-hybridized carbons (Fsp3) is 1.00. The lowest BCUT2D eigenvalue weighted by atomic mass is 10.1. The average Bonchev–Trinajstić information content (AvgIpc) is 2.35. The van der Waals surface area contributed by atoms with E-state index in [1.807, 2.05) is 0 Å². The molecule has 1 fully saturated rings. The monoisotopic (exact) mass is 227 g/mol. The number of unbranched alkanes of at least 4 members (excludes halogenated alkanes) is 5. The van der Waals surface area contributed by atoms with E-state index in [2.05, 4.69) is 19.2 Å². The van der Waals surface area contributed by atoms with Crippen molar-refractivity contribution in [1.82, 2.24) is 5.32 Å². The van der Waals surface area contributed by atoms with E-state index in [1.165, 1.54) is 82.3 Å². The molecule has 0 radical (unpaired) electrons. The smallest absolute Gasteiger partial charge is 0.0913 e. The van der Waals surface area contributed by atoms with Crippen LogP contribution in [-0.4, -0.2) is 43.8 Å². The normalized spacial score (nSPS) is 19.9. The molecule has 96 valence electrons. The van der Waals surface area contributed by atoms with Crippen molar-refractivity contribution in [1.29, 1.82) is 0 Å². The first-order valence-corrected chi connectivity index (χ1v) is 7.39. The highest BCUT2D eigenvalue weighted by molar-refractivity contribution is 4.57. The summed E-state index contributed by atoms with van der Waals surface area (Å²) in [6.45, 7) is 12.6. The predicted octanol–water partition coefficient (Wildman–Crippen LogP) is 2.79. The Kier molecular flexibility index (Phi) is 7.06. The number of nitrogens with zero attached hydrogens (tertiary/aromatic N) is 1. The molecule has 1 heterocycles. The average molecular weight is 227 g/mol. The third-order valence-corrected chi connectivity index (χ3v) is 4.18. The minimum absolute atomic E-state index is 1.23. The zero-order chi connectivity index (χ0) is 11.7. The first-order valence-electron chi connectivity index (χ1n) is 7.39. The first-order chi connectivity index (χ1) is 7.83. The highest BCUT2D eigenvalue weighted by Gasteiger charge is 2.26. The van der Waals surface area contributed by atoms with Gasteiger partial charge in [0, 0.05) is 13.1 Å². The minimum atomic E-state index is 1.23. The van der Waals surface area contributed by atoms with E-state index in [-0.39, 0.29) is 0 Å². The molecule has 0 bridgehead atoms. The first kappa shape index (κ1) is 14.0. The summed E-state index contributed by atoms with van der Waals surface area (Å²) in [7, 11) is 0. The van der Waals surface area contributed by atoms with Crippen LogP contribution in [-0.2, 0) is 0 Å². The fourth-order valence-corrected chi connectivity index (χ4v) is 2.79. The maximum atomic E-state index is 3.48. The molecule has 0 atom stereocenters. The number of piperazine rings is 1. The summed E-state index contributed by atoms with van der Waals surface area (Å²) < 4.78 is 1.38. The van der Waals surface area contributed by atoms with Gasteiger partial charge in [-0.2, -0.15) is 0 Å². The molecule has 0 aromatic carbocycles. The molecule has 0 amide bonds. The van der Waals surface area contributed by atoms with Crippen molar-refractivity contribution < 1.29 is 4.48 Å². The third-order valence-electron chi connectivity index (χ3n) is 4.18. The molecule has 0 aromatic rings. The van der Waals surface area contributed by atoms with Crippen LogP contribution in [0.4, 0.5) is 0 Å². The van der Waals surface area contributed by atoms with E-state index in [0.29, 0.717) is 0 Å². The maximum absolute atomic E-state index is 3.48. The summed E-state index contributed by atoms with van der Waals surface area (Å²) in [6.07, 6.45) is 8.59. The van der Waals surface area contributed by atoms with Gasteiger partial charge >= 0.3 is 0 Å². The predicted molar refractivity (Wildman–Crippen MR) is 71.6 cm³/mol. The molecule has 0 unspecified atom stereocenters. The Morgan fingerprint density at radius 1 is 0.875 bits per heavy atom. The molecule has 2 heteroatoms. The minimum Gasteiger partial charge on any atom is -0.322 e. The second-order valence-electron chi connectivity index (χ2n) is 5.35. The molecule has 2 nitrogen and oxygen atoms in total. The van der Waals surface area contributed by atoms with Crippen molar-refractivity contribution in [2.45, 2.75) is 52.4 Å². The van der Waals surface area contributed by atoms with Crippen LogP contribution in [0.25, 0.3) is 0 Å². The highest BCUT2D eigenvalue weighted by atomic mass is 15.4. The molecule has 0 spiro atoms. The van der Waals surface area contributed by atoms with Gasteiger partial charge in [0.05, 0.1) is 26.2 Å². The molecular weight excluding hydrogens is 196 g/mol. The van der Waals surface area contributed by atoms with Gasteiger partial charge in [-0.15, -0.1) is 0 Å². The van der Waals surface area contributed by atoms with Crippen molar-refractivity contribution in [2.24, 2.45) is 0 Å². The summed E-state index contributed by atoms with van der Waals surface area (Å²) in [4.78, 5) is 0. The lowest BCUT2D eigenvalue weighted by Crippen LogP contribution is -2.58. The van der Waals surface area contributed by atoms with Crippen molar-refractivity contribution in [3.05, 3.63) is 0 Å². The second-order valence-corrected chi connectivity index (χ2v) is 5.35. The van der Waals surface area contributed by atoms with E-state index >= 15 is 0 Å². The van der Waals surface area contributed by atoms with Gasteiger partial charge in [-0.25, -0.2) is 0 Å². The van der Waals surface area contributed by atoms with Gasteiger partial charge in [-0.3, -0.25) is 0 Å². The van der Waals surface area contributed by atoms with E-state index in [9.17, 15) is 0 Å². The fourth-order valence-electron chi connectivity index (χ4n) is 2.79. The summed E-state index contributed by atoms with van der Waals surface area (Å²) in [6, 6.07) is 0. The van der Waals surface area contributed by atoms with Crippen LogP contribution in [0.1, 0.15) is 52.4 Å². The summed E-state index contributed by atoms with van der Waals surface area (Å²) >= 11 is 0. The van der Waals surface area contributed by atoms with Crippen molar-refractivity contribution in [3.8, 4) is 0 Å². The van der Waals surface area contributed by atoms with Gasteiger partial charge in [-0.05, 0) is 19.8 Å². The largest absolute Gasteiger partial charge is 0.322 e. The Morgan fingerprint density at radius 3 is 2.12 bits per heavy atom. The third kappa shape index (κ3) is 4.84. The lowest BCUT2D eigenvalue weighted by molar-refractivity contribution is -0.928. The molecule has 1 aliphatic rings. The quantitative estimate of drug-likeness (QED) is 0.497. The topological polar surface area (TPSA) is 12.0 Å². The molecule has 1 saturated heterocycles. The lowest BCUT2D eigenvalue weighted by Gasteiger charge is -2.41. The summed E-state index contributed by atoms with van der Waals surface area (Å²) in [5, 5.41) is 3.48. The molecule has 1 N–H and O–H groups in total.